The van der Waals surface area contributed by atoms with Crippen molar-refractivity contribution in [2.24, 2.45) is 5.92 Å². The molecule has 1 aromatic heterocycles. The molecule has 3 heterocycles. The van der Waals surface area contributed by atoms with Gasteiger partial charge in [-0.15, -0.1) is 5.10 Å². The zero-order valence-corrected chi connectivity index (χ0v) is 18.3. The molecule has 9 heteroatoms. The Balaban J connectivity index is 1.32. The SMILES string of the molecule is CC(C)[C@@H](c1nnnn1Cc1ccc2c(c1)OCO2)N1CCN(c2ccccc2F)CC1. The average molecular weight is 439 g/mol. The molecular formula is C23H27FN6O2. The van der Waals surface area contributed by atoms with Crippen LogP contribution in [0.25, 0.3) is 0 Å². The summed E-state index contributed by atoms with van der Waals surface area (Å²) in [4.78, 5) is 4.52. The summed E-state index contributed by atoms with van der Waals surface area (Å²) in [5.74, 6) is 2.50. The van der Waals surface area contributed by atoms with Crippen LogP contribution >= 0.6 is 0 Å². The van der Waals surface area contributed by atoms with Gasteiger partial charge in [0.1, 0.15) is 5.82 Å². The quantitative estimate of drug-likeness (QED) is 0.586. The van der Waals surface area contributed by atoms with E-state index in [4.69, 9.17) is 9.47 Å². The van der Waals surface area contributed by atoms with Crippen LogP contribution in [0.15, 0.2) is 42.5 Å². The highest BCUT2D eigenvalue weighted by Crippen LogP contribution is 2.33. The van der Waals surface area contributed by atoms with Crippen molar-refractivity contribution < 1.29 is 13.9 Å². The Morgan fingerprint density at radius 1 is 1.00 bits per heavy atom. The number of halogens is 1. The van der Waals surface area contributed by atoms with E-state index in [1.54, 1.807) is 6.07 Å². The van der Waals surface area contributed by atoms with Crippen LogP contribution in [0.2, 0.25) is 0 Å². The summed E-state index contributed by atoms with van der Waals surface area (Å²) >= 11 is 0. The monoisotopic (exact) mass is 438 g/mol. The van der Waals surface area contributed by atoms with Crippen molar-refractivity contribution in [2.45, 2.75) is 26.4 Å². The number of benzene rings is 2. The maximum Gasteiger partial charge on any atom is 0.231 e. The van der Waals surface area contributed by atoms with Crippen molar-refractivity contribution in [3.8, 4) is 11.5 Å². The van der Waals surface area contributed by atoms with Crippen molar-refractivity contribution >= 4 is 5.69 Å². The molecule has 0 aliphatic carbocycles. The fraction of sp³-hybridized carbons (Fsp3) is 0.435. The van der Waals surface area contributed by atoms with E-state index in [1.807, 2.05) is 35.0 Å². The molecule has 168 valence electrons. The molecule has 0 spiro atoms. The van der Waals surface area contributed by atoms with Gasteiger partial charge in [-0.05, 0) is 46.2 Å². The van der Waals surface area contributed by atoms with Gasteiger partial charge in [-0.1, -0.05) is 32.0 Å². The number of tetrazole rings is 1. The summed E-state index contributed by atoms with van der Waals surface area (Å²) in [5.41, 5.74) is 1.72. The van der Waals surface area contributed by atoms with E-state index in [9.17, 15) is 4.39 Å². The molecule has 1 atom stereocenters. The van der Waals surface area contributed by atoms with Gasteiger partial charge in [0.15, 0.2) is 17.3 Å². The van der Waals surface area contributed by atoms with Crippen molar-refractivity contribution in [3.05, 3.63) is 59.7 Å². The smallest absolute Gasteiger partial charge is 0.231 e. The van der Waals surface area contributed by atoms with E-state index in [0.29, 0.717) is 18.2 Å². The average Bonchev–Trinajstić information content (AvgIpc) is 3.44. The fourth-order valence-electron chi connectivity index (χ4n) is 4.58. The minimum Gasteiger partial charge on any atom is -0.454 e. The normalized spacial score (nSPS) is 17.2. The minimum atomic E-state index is -0.172. The highest BCUT2D eigenvalue weighted by molar-refractivity contribution is 5.48. The first kappa shape index (κ1) is 20.7. The lowest BCUT2D eigenvalue weighted by molar-refractivity contribution is 0.135. The Kier molecular flexibility index (Phi) is 5.65. The van der Waals surface area contributed by atoms with E-state index >= 15 is 0 Å². The first-order valence-corrected chi connectivity index (χ1v) is 11.0. The maximum atomic E-state index is 14.2. The van der Waals surface area contributed by atoms with Crippen molar-refractivity contribution in [2.75, 3.05) is 37.9 Å². The van der Waals surface area contributed by atoms with Crippen LogP contribution in [0.1, 0.15) is 31.3 Å². The number of ether oxygens (including phenoxy) is 2. The molecule has 32 heavy (non-hydrogen) atoms. The highest BCUT2D eigenvalue weighted by Gasteiger charge is 2.32. The zero-order chi connectivity index (χ0) is 22.1. The van der Waals surface area contributed by atoms with Gasteiger partial charge in [0.25, 0.3) is 0 Å². The number of rotatable bonds is 6. The summed E-state index contributed by atoms with van der Waals surface area (Å²) in [6.45, 7) is 8.32. The third-order valence-corrected chi connectivity index (χ3v) is 6.13. The van der Waals surface area contributed by atoms with Crippen molar-refractivity contribution in [1.82, 2.24) is 25.1 Å². The molecule has 2 aliphatic heterocycles. The molecule has 1 fully saturated rings. The number of hydrogen-bond acceptors (Lipinski definition) is 7. The lowest BCUT2D eigenvalue weighted by Crippen LogP contribution is -2.49. The standard InChI is InChI=1S/C23H27FN6O2/c1-16(2)22(29-11-9-28(10-12-29)19-6-4-3-5-18(19)24)23-25-26-27-30(23)14-17-7-8-20-21(13-17)32-15-31-20/h3-8,13,16,22H,9-12,14-15H2,1-2H3/t22-/m0/s1. The van der Waals surface area contributed by atoms with E-state index < -0.39 is 0 Å². The Morgan fingerprint density at radius 3 is 2.56 bits per heavy atom. The van der Waals surface area contributed by atoms with E-state index in [0.717, 1.165) is 49.1 Å². The van der Waals surface area contributed by atoms with Crippen LogP contribution in [0.5, 0.6) is 11.5 Å². The first-order valence-electron chi connectivity index (χ1n) is 11.0. The van der Waals surface area contributed by atoms with Crippen LogP contribution in [0, 0.1) is 11.7 Å². The molecule has 3 aromatic rings. The number of piperazine rings is 1. The van der Waals surface area contributed by atoms with E-state index in [1.165, 1.54) is 6.07 Å². The van der Waals surface area contributed by atoms with Gasteiger partial charge in [0.05, 0.1) is 18.3 Å². The Labute approximate surface area is 186 Å². The highest BCUT2D eigenvalue weighted by atomic mass is 19.1. The molecule has 0 saturated carbocycles. The van der Waals surface area contributed by atoms with Crippen molar-refractivity contribution in [3.63, 3.8) is 0 Å². The molecule has 2 aliphatic rings. The van der Waals surface area contributed by atoms with Crippen LogP contribution in [0.4, 0.5) is 10.1 Å². The van der Waals surface area contributed by atoms with E-state index in [-0.39, 0.29) is 18.7 Å². The van der Waals surface area contributed by atoms with Crippen molar-refractivity contribution in [1.29, 1.82) is 0 Å². The second-order valence-electron chi connectivity index (χ2n) is 8.55. The lowest BCUT2D eigenvalue weighted by Gasteiger charge is -2.41. The molecule has 0 N–H and O–H groups in total. The molecule has 5 rings (SSSR count). The van der Waals surface area contributed by atoms with Gasteiger partial charge in [0, 0.05) is 26.2 Å². The Morgan fingerprint density at radius 2 is 1.78 bits per heavy atom. The zero-order valence-electron chi connectivity index (χ0n) is 18.3. The molecule has 1 saturated heterocycles. The molecule has 2 aromatic carbocycles. The number of para-hydroxylation sites is 1. The predicted molar refractivity (Wildman–Crippen MR) is 117 cm³/mol. The lowest BCUT2D eigenvalue weighted by atomic mass is 10.0. The van der Waals surface area contributed by atoms with Crippen LogP contribution in [0.3, 0.4) is 0 Å². The number of fused-ring (bicyclic) bond motifs is 1. The van der Waals surface area contributed by atoms with Crippen LogP contribution in [-0.4, -0.2) is 58.1 Å². The van der Waals surface area contributed by atoms with Gasteiger partial charge < -0.3 is 14.4 Å². The number of nitrogens with zero attached hydrogens (tertiary/aromatic N) is 6. The number of anilines is 1. The van der Waals surface area contributed by atoms with Gasteiger partial charge in [0.2, 0.25) is 6.79 Å². The third-order valence-electron chi connectivity index (χ3n) is 6.13. The number of aromatic nitrogens is 4. The molecule has 0 amide bonds. The molecule has 0 radical (unpaired) electrons. The summed E-state index contributed by atoms with van der Waals surface area (Å²) in [5, 5.41) is 12.7. The summed E-state index contributed by atoms with van der Waals surface area (Å²) < 4.78 is 27.0. The summed E-state index contributed by atoms with van der Waals surface area (Å²) in [7, 11) is 0. The third kappa shape index (κ3) is 4.00. The predicted octanol–water partition coefficient (Wildman–Crippen LogP) is 3.11. The second kappa shape index (κ2) is 8.74. The molecule has 0 bridgehead atoms. The Hall–Kier alpha value is -3.20. The molecule has 0 unspecified atom stereocenters. The second-order valence-corrected chi connectivity index (χ2v) is 8.55. The summed E-state index contributed by atoms with van der Waals surface area (Å²) in [6.07, 6.45) is 0. The van der Waals surface area contributed by atoms with E-state index in [2.05, 4.69) is 39.2 Å². The first-order chi connectivity index (χ1) is 15.6. The molecular weight excluding hydrogens is 411 g/mol. The topological polar surface area (TPSA) is 68.5 Å². The summed E-state index contributed by atoms with van der Waals surface area (Å²) in [6, 6.07) is 12.9. The number of hydrogen-bond donors (Lipinski definition) is 0. The van der Waals surface area contributed by atoms with Crippen LogP contribution in [-0.2, 0) is 6.54 Å². The maximum absolute atomic E-state index is 14.2. The Bertz CT molecular complexity index is 1080. The van der Waals surface area contributed by atoms with Crippen LogP contribution < -0.4 is 14.4 Å². The van der Waals surface area contributed by atoms with Gasteiger partial charge >= 0.3 is 0 Å². The fourth-order valence-corrected chi connectivity index (χ4v) is 4.58. The largest absolute Gasteiger partial charge is 0.454 e. The van der Waals surface area contributed by atoms with Gasteiger partial charge in [-0.25, -0.2) is 9.07 Å². The van der Waals surface area contributed by atoms with Gasteiger partial charge in [-0.3, -0.25) is 4.90 Å². The molecule has 8 nitrogen and oxygen atoms in total. The van der Waals surface area contributed by atoms with Gasteiger partial charge in [-0.2, -0.15) is 0 Å². The minimum absolute atomic E-state index is 0.0711.